The Balaban J connectivity index is 1.96. The second-order valence-corrected chi connectivity index (χ2v) is 5.83. The van der Waals surface area contributed by atoms with E-state index in [1.165, 1.54) is 35.5 Å². The largest absolute Gasteiger partial charge is 0.494 e. The first-order valence-electron chi connectivity index (χ1n) is 6.97. The van der Waals surface area contributed by atoms with Crippen molar-refractivity contribution in [1.29, 1.82) is 0 Å². The third kappa shape index (κ3) is 4.13. The van der Waals surface area contributed by atoms with E-state index in [1.54, 1.807) is 7.05 Å². The molecule has 2 rings (SSSR count). The van der Waals surface area contributed by atoms with E-state index in [9.17, 15) is 14.0 Å². The SMILES string of the molecule is COc1ccc(C(=O)CCC(=O)N(C)c2nc(C)cs2)cc1F. The molecule has 0 radical (unpaired) electrons. The molecule has 0 fully saturated rings. The number of thiazole rings is 1. The summed E-state index contributed by atoms with van der Waals surface area (Å²) in [6.07, 6.45) is 0.0565. The first kappa shape index (κ1) is 17.1. The summed E-state index contributed by atoms with van der Waals surface area (Å²) in [6, 6.07) is 4.01. The maximum Gasteiger partial charge on any atom is 0.228 e. The van der Waals surface area contributed by atoms with Crippen LogP contribution in [0.25, 0.3) is 0 Å². The lowest BCUT2D eigenvalue weighted by Gasteiger charge is -2.13. The van der Waals surface area contributed by atoms with Crippen molar-refractivity contribution in [1.82, 2.24) is 4.98 Å². The molecule has 0 aliphatic carbocycles. The van der Waals surface area contributed by atoms with Gasteiger partial charge in [0, 0.05) is 30.8 Å². The van der Waals surface area contributed by atoms with E-state index in [0.29, 0.717) is 5.13 Å². The van der Waals surface area contributed by atoms with Crippen molar-refractivity contribution in [3.63, 3.8) is 0 Å². The van der Waals surface area contributed by atoms with Gasteiger partial charge < -0.3 is 4.74 Å². The Hall–Kier alpha value is -2.28. The Kier molecular flexibility index (Phi) is 5.44. The molecule has 5 nitrogen and oxygen atoms in total. The molecule has 0 spiro atoms. The quantitative estimate of drug-likeness (QED) is 0.760. The number of ether oxygens (including phenoxy) is 1. The van der Waals surface area contributed by atoms with Crippen molar-refractivity contribution in [2.45, 2.75) is 19.8 Å². The molecule has 122 valence electrons. The molecule has 1 heterocycles. The van der Waals surface area contributed by atoms with Crippen LogP contribution in [0.2, 0.25) is 0 Å². The van der Waals surface area contributed by atoms with Gasteiger partial charge in [-0.1, -0.05) is 0 Å². The number of ketones is 1. The molecule has 0 saturated heterocycles. The predicted molar refractivity (Wildman–Crippen MR) is 86.8 cm³/mol. The molecular weight excluding hydrogens is 319 g/mol. The third-order valence-electron chi connectivity index (χ3n) is 3.31. The van der Waals surface area contributed by atoms with Crippen molar-refractivity contribution < 1.29 is 18.7 Å². The van der Waals surface area contributed by atoms with Crippen LogP contribution in [-0.2, 0) is 4.79 Å². The molecule has 0 N–H and O–H groups in total. The van der Waals surface area contributed by atoms with Gasteiger partial charge in [0.2, 0.25) is 5.91 Å². The van der Waals surface area contributed by atoms with Gasteiger partial charge in [-0.15, -0.1) is 11.3 Å². The number of hydrogen-bond acceptors (Lipinski definition) is 5. The average Bonchev–Trinajstić information content (AvgIpc) is 2.97. The Morgan fingerprint density at radius 1 is 1.35 bits per heavy atom. The average molecular weight is 336 g/mol. The number of Topliss-reactive ketones (excluding diaryl/α,β-unsaturated/α-hetero) is 1. The van der Waals surface area contributed by atoms with E-state index in [1.807, 2.05) is 12.3 Å². The van der Waals surface area contributed by atoms with Crippen LogP contribution in [0.1, 0.15) is 28.9 Å². The number of halogens is 1. The highest BCUT2D eigenvalue weighted by molar-refractivity contribution is 7.14. The molecule has 1 aromatic carbocycles. The van der Waals surface area contributed by atoms with Crippen LogP contribution < -0.4 is 9.64 Å². The van der Waals surface area contributed by atoms with Gasteiger partial charge in [-0.05, 0) is 25.1 Å². The first-order valence-corrected chi connectivity index (χ1v) is 7.85. The molecule has 0 atom stereocenters. The molecule has 0 unspecified atom stereocenters. The molecule has 0 aliphatic rings. The minimum atomic E-state index is -0.597. The van der Waals surface area contributed by atoms with Gasteiger partial charge in [-0.2, -0.15) is 0 Å². The second-order valence-electron chi connectivity index (χ2n) is 5.00. The Morgan fingerprint density at radius 3 is 2.65 bits per heavy atom. The van der Waals surface area contributed by atoms with Crippen LogP contribution in [0.15, 0.2) is 23.6 Å². The van der Waals surface area contributed by atoms with Crippen molar-refractivity contribution >= 4 is 28.2 Å². The molecule has 23 heavy (non-hydrogen) atoms. The van der Waals surface area contributed by atoms with Gasteiger partial charge in [0.05, 0.1) is 12.8 Å². The van der Waals surface area contributed by atoms with E-state index in [-0.39, 0.29) is 35.8 Å². The maximum atomic E-state index is 13.6. The lowest BCUT2D eigenvalue weighted by Crippen LogP contribution is -2.26. The third-order valence-corrected chi connectivity index (χ3v) is 4.34. The number of hydrogen-bond donors (Lipinski definition) is 0. The van der Waals surface area contributed by atoms with Gasteiger partial charge in [0.1, 0.15) is 0 Å². The van der Waals surface area contributed by atoms with Gasteiger partial charge in [-0.3, -0.25) is 14.5 Å². The predicted octanol–water partition coefficient (Wildman–Crippen LogP) is 3.23. The minimum absolute atomic E-state index is 0.0132. The zero-order valence-corrected chi connectivity index (χ0v) is 13.9. The summed E-state index contributed by atoms with van der Waals surface area (Å²) in [5, 5.41) is 2.44. The number of rotatable bonds is 6. The fourth-order valence-electron chi connectivity index (χ4n) is 1.97. The molecule has 0 saturated carbocycles. The summed E-state index contributed by atoms with van der Waals surface area (Å²) in [6.45, 7) is 1.85. The highest BCUT2D eigenvalue weighted by Gasteiger charge is 2.17. The van der Waals surface area contributed by atoms with Gasteiger partial charge in [-0.25, -0.2) is 9.37 Å². The number of aryl methyl sites for hydroxylation is 1. The number of amides is 1. The summed E-state index contributed by atoms with van der Waals surface area (Å²) >= 11 is 1.37. The summed E-state index contributed by atoms with van der Waals surface area (Å²) < 4.78 is 18.4. The summed E-state index contributed by atoms with van der Waals surface area (Å²) in [7, 11) is 2.98. The topological polar surface area (TPSA) is 59.5 Å². The lowest BCUT2D eigenvalue weighted by molar-refractivity contribution is -0.118. The molecule has 2 aromatic rings. The zero-order chi connectivity index (χ0) is 17.0. The van der Waals surface area contributed by atoms with Crippen LogP contribution in [0.3, 0.4) is 0 Å². The highest BCUT2D eigenvalue weighted by Crippen LogP contribution is 2.21. The van der Waals surface area contributed by atoms with E-state index in [2.05, 4.69) is 4.98 Å². The van der Waals surface area contributed by atoms with Crippen molar-refractivity contribution in [3.05, 3.63) is 40.7 Å². The van der Waals surface area contributed by atoms with Gasteiger partial charge in [0.25, 0.3) is 0 Å². The fourth-order valence-corrected chi connectivity index (χ4v) is 2.76. The number of methoxy groups -OCH3 is 1. The summed E-state index contributed by atoms with van der Waals surface area (Å²) in [4.78, 5) is 29.8. The zero-order valence-electron chi connectivity index (χ0n) is 13.1. The van der Waals surface area contributed by atoms with E-state index in [4.69, 9.17) is 4.74 Å². The smallest absolute Gasteiger partial charge is 0.228 e. The normalized spacial score (nSPS) is 10.4. The first-order chi connectivity index (χ1) is 10.9. The molecule has 7 heteroatoms. The van der Waals surface area contributed by atoms with E-state index in [0.717, 1.165) is 11.8 Å². The van der Waals surface area contributed by atoms with Crippen LogP contribution in [-0.4, -0.2) is 30.8 Å². The monoisotopic (exact) mass is 336 g/mol. The Bertz CT molecular complexity index is 730. The van der Waals surface area contributed by atoms with Crippen molar-refractivity contribution in [3.8, 4) is 5.75 Å². The van der Waals surface area contributed by atoms with E-state index < -0.39 is 5.82 Å². The highest BCUT2D eigenvalue weighted by atomic mass is 32.1. The van der Waals surface area contributed by atoms with Crippen LogP contribution >= 0.6 is 11.3 Å². The Labute approximate surface area is 137 Å². The van der Waals surface area contributed by atoms with E-state index >= 15 is 0 Å². The number of carbonyl (C=O) groups is 2. The minimum Gasteiger partial charge on any atom is -0.494 e. The lowest BCUT2D eigenvalue weighted by atomic mass is 10.1. The molecule has 0 bridgehead atoms. The molecule has 1 aromatic heterocycles. The van der Waals surface area contributed by atoms with Gasteiger partial charge >= 0.3 is 0 Å². The number of benzene rings is 1. The number of nitrogens with zero attached hydrogens (tertiary/aromatic N) is 2. The standard InChI is InChI=1S/C16H17FN2O3S/c1-10-9-23-16(18-10)19(2)15(21)7-5-13(20)11-4-6-14(22-3)12(17)8-11/h4,6,8-9H,5,7H2,1-3H3. The Morgan fingerprint density at radius 2 is 2.09 bits per heavy atom. The second kappa shape index (κ2) is 7.32. The molecule has 1 amide bonds. The van der Waals surface area contributed by atoms with Crippen LogP contribution in [0.5, 0.6) is 5.75 Å². The number of carbonyl (C=O) groups excluding carboxylic acids is 2. The molecular formula is C16H17FN2O3S. The summed E-state index contributed by atoms with van der Waals surface area (Å²) in [5.74, 6) is -1.01. The van der Waals surface area contributed by atoms with Crippen LogP contribution in [0, 0.1) is 12.7 Å². The number of anilines is 1. The van der Waals surface area contributed by atoms with Crippen molar-refractivity contribution in [2.24, 2.45) is 0 Å². The van der Waals surface area contributed by atoms with Gasteiger partial charge in [0.15, 0.2) is 22.5 Å². The molecule has 0 aliphatic heterocycles. The summed E-state index contributed by atoms with van der Waals surface area (Å²) in [5.41, 5.74) is 1.07. The van der Waals surface area contributed by atoms with Crippen molar-refractivity contribution in [2.75, 3.05) is 19.1 Å². The van der Waals surface area contributed by atoms with Crippen LogP contribution in [0.4, 0.5) is 9.52 Å². The number of aromatic nitrogens is 1. The maximum absolute atomic E-state index is 13.6. The fraction of sp³-hybridized carbons (Fsp3) is 0.312.